The second-order valence-electron chi connectivity index (χ2n) is 8.42. The predicted octanol–water partition coefficient (Wildman–Crippen LogP) is 4.82. The number of aryl methyl sites for hydroxylation is 2. The molecule has 0 fully saturated rings. The van der Waals surface area contributed by atoms with Crippen molar-refractivity contribution in [3.8, 4) is 16.9 Å². The van der Waals surface area contributed by atoms with Crippen LogP contribution in [0.5, 0.6) is 5.75 Å². The van der Waals surface area contributed by atoms with Gasteiger partial charge in [0.25, 0.3) is 0 Å². The van der Waals surface area contributed by atoms with E-state index in [4.69, 9.17) is 15.2 Å². The van der Waals surface area contributed by atoms with Crippen molar-refractivity contribution >= 4 is 11.7 Å². The highest BCUT2D eigenvalue weighted by atomic mass is 16.5. The largest absolute Gasteiger partial charge is 0.493 e. The number of hydrogen-bond acceptors (Lipinski definition) is 4. The van der Waals surface area contributed by atoms with E-state index in [-0.39, 0.29) is 0 Å². The third-order valence-electron chi connectivity index (χ3n) is 5.03. The number of rotatable bonds is 4. The van der Waals surface area contributed by atoms with Crippen LogP contribution in [0, 0.1) is 13.8 Å². The zero-order valence-electron chi connectivity index (χ0n) is 17.3. The summed E-state index contributed by atoms with van der Waals surface area (Å²) in [5.74, 6) is -0.118. The van der Waals surface area contributed by atoms with Gasteiger partial charge in [0.15, 0.2) is 6.10 Å². The van der Waals surface area contributed by atoms with Gasteiger partial charge in [-0.2, -0.15) is 0 Å². The van der Waals surface area contributed by atoms with Crippen molar-refractivity contribution in [1.82, 2.24) is 0 Å². The Hall–Kier alpha value is -2.53. The van der Waals surface area contributed by atoms with Gasteiger partial charge in [0.05, 0.1) is 12.2 Å². The zero-order valence-corrected chi connectivity index (χ0v) is 17.3. The van der Waals surface area contributed by atoms with E-state index in [0.29, 0.717) is 11.3 Å². The number of carbonyl (C=O) groups is 1. The van der Waals surface area contributed by atoms with Crippen LogP contribution in [0.1, 0.15) is 55.5 Å². The van der Waals surface area contributed by atoms with Crippen LogP contribution in [0.3, 0.4) is 0 Å². The fraction of sp³-hybridized carbons (Fsp3) is 0.435. The van der Waals surface area contributed by atoms with Crippen molar-refractivity contribution in [2.24, 2.45) is 0 Å². The first-order valence-electron chi connectivity index (χ1n) is 9.65. The van der Waals surface area contributed by atoms with Gasteiger partial charge in [-0.1, -0.05) is 6.07 Å². The molecule has 5 nitrogen and oxygen atoms in total. The molecule has 3 N–H and O–H groups in total. The molecule has 28 heavy (non-hydrogen) atoms. The third-order valence-corrected chi connectivity index (χ3v) is 5.03. The molecule has 0 aliphatic carbocycles. The molecule has 2 aromatic carbocycles. The summed E-state index contributed by atoms with van der Waals surface area (Å²) in [6.07, 6.45) is 0.824. The maximum atomic E-state index is 12.2. The number of benzene rings is 2. The Morgan fingerprint density at radius 2 is 1.96 bits per heavy atom. The van der Waals surface area contributed by atoms with Gasteiger partial charge in [-0.05, 0) is 93.5 Å². The van der Waals surface area contributed by atoms with Crippen molar-refractivity contribution in [1.29, 1.82) is 0 Å². The molecule has 0 amide bonds. The number of carboxylic acid groups (broad SMARTS) is 1. The first-order valence-corrected chi connectivity index (χ1v) is 9.65. The van der Waals surface area contributed by atoms with Crippen LogP contribution in [-0.2, 0) is 16.0 Å². The van der Waals surface area contributed by atoms with E-state index >= 15 is 0 Å². The van der Waals surface area contributed by atoms with Crippen molar-refractivity contribution in [2.45, 2.75) is 59.2 Å². The van der Waals surface area contributed by atoms with Crippen LogP contribution < -0.4 is 10.5 Å². The number of nitrogen functional groups attached to an aromatic ring is 1. The maximum Gasteiger partial charge on any atom is 0.337 e. The molecule has 0 saturated heterocycles. The molecule has 1 heterocycles. The average Bonchev–Trinajstić information content (AvgIpc) is 2.61. The van der Waals surface area contributed by atoms with Crippen LogP contribution in [-0.4, -0.2) is 23.3 Å². The highest BCUT2D eigenvalue weighted by Crippen LogP contribution is 2.41. The van der Waals surface area contributed by atoms with Crippen LogP contribution in [0.15, 0.2) is 24.3 Å². The Morgan fingerprint density at radius 1 is 1.25 bits per heavy atom. The smallest absolute Gasteiger partial charge is 0.337 e. The number of fused-ring (bicyclic) bond motifs is 1. The van der Waals surface area contributed by atoms with Crippen LogP contribution in [0.2, 0.25) is 0 Å². The number of nitrogens with two attached hydrogens (primary N) is 1. The molecule has 1 aliphatic heterocycles. The van der Waals surface area contributed by atoms with E-state index in [0.717, 1.165) is 53.0 Å². The van der Waals surface area contributed by atoms with Crippen molar-refractivity contribution in [3.63, 3.8) is 0 Å². The van der Waals surface area contributed by atoms with Crippen molar-refractivity contribution in [3.05, 3.63) is 46.5 Å². The molecule has 1 unspecified atom stereocenters. The summed E-state index contributed by atoms with van der Waals surface area (Å²) < 4.78 is 11.7. The van der Waals surface area contributed by atoms with Gasteiger partial charge in [0.2, 0.25) is 0 Å². The first-order chi connectivity index (χ1) is 13.1. The molecular weight excluding hydrogens is 354 g/mol. The Labute approximate surface area is 166 Å². The molecule has 5 heteroatoms. The minimum atomic E-state index is -1.11. The van der Waals surface area contributed by atoms with Gasteiger partial charge in [0.1, 0.15) is 5.75 Å². The van der Waals surface area contributed by atoms with Crippen LogP contribution in [0.25, 0.3) is 11.1 Å². The lowest BCUT2D eigenvalue weighted by atomic mass is 9.86. The van der Waals surface area contributed by atoms with Gasteiger partial charge >= 0.3 is 5.97 Å². The number of aliphatic carboxylic acids is 1. The molecule has 0 saturated carbocycles. The summed E-state index contributed by atoms with van der Waals surface area (Å²) in [7, 11) is 0. The van der Waals surface area contributed by atoms with E-state index in [1.807, 2.05) is 52.8 Å². The average molecular weight is 383 g/mol. The van der Waals surface area contributed by atoms with E-state index < -0.39 is 17.7 Å². The van der Waals surface area contributed by atoms with Gasteiger partial charge < -0.3 is 20.3 Å². The molecule has 150 valence electrons. The number of carboxylic acids is 1. The van der Waals surface area contributed by atoms with Crippen molar-refractivity contribution in [2.75, 3.05) is 12.3 Å². The summed E-state index contributed by atoms with van der Waals surface area (Å²) in [6.45, 7) is 10.1. The summed E-state index contributed by atoms with van der Waals surface area (Å²) in [4.78, 5) is 12.2. The predicted molar refractivity (Wildman–Crippen MR) is 111 cm³/mol. The van der Waals surface area contributed by atoms with Gasteiger partial charge in [-0.25, -0.2) is 4.79 Å². The van der Waals surface area contributed by atoms with Gasteiger partial charge in [-0.3, -0.25) is 0 Å². The first kappa shape index (κ1) is 20.2. The molecule has 1 aliphatic rings. The molecule has 0 aromatic heterocycles. The Balaban J connectivity index is 2.24. The number of anilines is 1. The Bertz CT molecular complexity index is 912. The third kappa shape index (κ3) is 3.99. The lowest BCUT2D eigenvalue weighted by Crippen LogP contribution is -2.28. The van der Waals surface area contributed by atoms with E-state index in [1.165, 1.54) is 0 Å². The monoisotopic (exact) mass is 383 g/mol. The summed E-state index contributed by atoms with van der Waals surface area (Å²) in [5.41, 5.74) is 11.4. The van der Waals surface area contributed by atoms with Crippen molar-refractivity contribution < 1.29 is 19.4 Å². The van der Waals surface area contributed by atoms with Gasteiger partial charge in [0, 0.05) is 11.3 Å². The molecule has 2 aromatic rings. The molecule has 0 spiro atoms. The molecule has 0 bridgehead atoms. The maximum absolute atomic E-state index is 12.2. The summed E-state index contributed by atoms with van der Waals surface area (Å²) in [6, 6.07) is 7.97. The highest BCUT2D eigenvalue weighted by molar-refractivity contribution is 5.85. The standard InChI is InChI=1S/C23H29NO4/c1-13-11-17(24)14(2)20(21(22(25)26)28-23(3,4)5)19(13)16-8-9-18-15(12-16)7-6-10-27-18/h8-9,11-12,21H,6-7,10,24H2,1-5H3,(H,25,26). The summed E-state index contributed by atoms with van der Waals surface area (Å²) in [5, 5.41) is 9.97. The van der Waals surface area contributed by atoms with E-state index in [1.54, 1.807) is 0 Å². The second kappa shape index (κ2) is 7.47. The minimum Gasteiger partial charge on any atom is -0.493 e. The van der Waals surface area contributed by atoms with Crippen LogP contribution in [0.4, 0.5) is 5.69 Å². The lowest BCUT2D eigenvalue weighted by molar-refractivity contribution is -0.160. The minimum absolute atomic E-state index is 0.571. The van der Waals surface area contributed by atoms with Gasteiger partial charge in [-0.15, -0.1) is 0 Å². The fourth-order valence-electron chi connectivity index (χ4n) is 3.78. The topological polar surface area (TPSA) is 81.8 Å². The molecule has 1 atom stereocenters. The molecular formula is C23H29NO4. The summed E-state index contributed by atoms with van der Waals surface area (Å²) >= 11 is 0. The van der Waals surface area contributed by atoms with E-state index in [9.17, 15) is 9.90 Å². The lowest BCUT2D eigenvalue weighted by Gasteiger charge is -2.29. The number of ether oxygens (including phenoxy) is 2. The molecule has 0 radical (unpaired) electrons. The molecule has 3 rings (SSSR count). The van der Waals surface area contributed by atoms with E-state index in [2.05, 4.69) is 6.07 Å². The normalized spacial score (nSPS) is 14.9. The Morgan fingerprint density at radius 3 is 2.61 bits per heavy atom. The SMILES string of the molecule is Cc1cc(N)c(C)c(C(OC(C)(C)C)C(=O)O)c1-c1ccc2c(c1)CCCO2. The fourth-order valence-corrected chi connectivity index (χ4v) is 3.78. The Kier molecular flexibility index (Phi) is 5.39. The highest BCUT2D eigenvalue weighted by Gasteiger charge is 2.32. The van der Waals surface area contributed by atoms with Crippen LogP contribution >= 0.6 is 0 Å². The second-order valence-corrected chi connectivity index (χ2v) is 8.42. The quantitative estimate of drug-likeness (QED) is 0.740. The number of hydrogen-bond donors (Lipinski definition) is 2. The zero-order chi connectivity index (χ0) is 20.6.